The zero-order chi connectivity index (χ0) is 10.5. The van der Waals surface area contributed by atoms with Crippen molar-refractivity contribution in [2.24, 2.45) is 0 Å². The van der Waals surface area contributed by atoms with E-state index in [1.807, 2.05) is 24.3 Å². The van der Waals surface area contributed by atoms with Crippen LogP contribution in [0, 0.1) is 11.8 Å². The number of fused-ring (bicyclic) bond motifs is 1. The van der Waals surface area contributed by atoms with Gasteiger partial charge in [-0.15, -0.1) is 6.58 Å². The molecule has 0 fully saturated rings. The van der Waals surface area contributed by atoms with Crippen molar-refractivity contribution in [3.05, 3.63) is 60.7 Å². The van der Waals surface area contributed by atoms with E-state index in [1.165, 1.54) is 10.8 Å². The third-order valence-corrected chi connectivity index (χ3v) is 2.26. The monoisotopic (exact) mass is 192 g/mol. The summed E-state index contributed by atoms with van der Waals surface area (Å²) < 4.78 is 0. The smallest absolute Gasteiger partial charge is 0.0323 e. The first-order valence-corrected chi connectivity index (χ1v) is 4.99. The molecule has 0 nitrogen and oxygen atoms in total. The quantitative estimate of drug-likeness (QED) is 0.476. The highest BCUT2D eigenvalue weighted by Gasteiger charge is 1.95. The van der Waals surface area contributed by atoms with E-state index >= 15 is 0 Å². The highest BCUT2D eigenvalue weighted by atomic mass is 14.0. The van der Waals surface area contributed by atoms with Crippen LogP contribution in [0.4, 0.5) is 0 Å². The standard InChI is InChI=1S/C15H12/c1-2-3-4-8-13-10-7-11-14-9-5-6-12-15(13)14/h2,5-7,9-12H,1,3H2. The molecule has 0 saturated heterocycles. The second-order valence-electron chi connectivity index (χ2n) is 3.32. The van der Waals surface area contributed by atoms with Crippen molar-refractivity contribution >= 4 is 10.8 Å². The topological polar surface area (TPSA) is 0 Å². The maximum absolute atomic E-state index is 3.65. The molecular weight excluding hydrogens is 180 g/mol. The lowest BCUT2D eigenvalue weighted by Gasteiger charge is -1.98. The van der Waals surface area contributed by atoms with Crippen molar-refractivity contribution in [3.63, 3.8) is 0 Å². The van der Waals surface area contributed by atoms with E-state index in [9.17, 15) is 0 Å². The van der Waals surface area contributed by atoms with Gasteiger partial charge in [0, 0.05) is 12.0 Å². The molecule has 0 unspecified atom stereocenters. The van der Waals surface area contributed by atoms with E-state index in [0.29, 0.717) is 0 Å². The molecule has 0 aliphatic carbocycles. The van der Waals surface area contributed by atoms with Crippen LogP contribution in [-0.2, 0) is 0 Å². The molecule has 0 aliphatic heterocycles. The summed E-state index contributed by atoms with van der Waals surface area (Å²) in [5.74, 6) is 6.24. The number of hydrogen-bond donors (Lipinski definition) is 0. The zero-order valence-electron chi connectivity index (χ0n) is 8.53. The predicted octanol–water partition coefficient (Wildman–Crippen LogP) is 3.77. The van der Waals surface area contributed by atoms with Gasteiger partial charge in [0.25, 0.3) is 0 Å². The molecule has 0 aliphatic rings. The Hall–Kier alpha value is -2.00. The van der Waals surface area contributed by atoms with Gasteiger partial charge >= 0.3 is 0 Å². The van der Waals surface area contributed by atoms with Crippen molar-refractivity contribution in [1.82, 2.24) is 0 Å². The van der Waals surface area contributed by atoms with Crippen molar-refractivity contribution in [2.75, 3.05) is 0 Å². The second-order valence-corrected chi connectivity index (χ2v) is 3.32. The molecule has 72 valence electrons. The average Bonchev–Trinajstić information content (AvgIpc) is 2.30. The summed E-state index contributed by atoms with van der Waals surface area (Å²) in [5.41, 5.74) is 1.09. The zero-order valence-corrected chi connectivity index (χ0v) is 8.53. The Bertz CT molecular complexity index is 533. The van der Waals surface area contributed by atoms with Crippen LogP contribution in [0.2, 0.25) is 0 Å². The van der Waals surface area contributed by atoms with Gasteiger partial charge in [-0.25, -0.2) is 0 Å². The van der Waals surface area contributed by atoms with Crippen LogP contribution in [0.25, 0.3) is 10.8 Å². The number of benzene rings is 2. The molecule has 2 aromatic rings. The summed E-state index contributed by atoms with van der Waals surface area (Å²) in [7, 11) is 0. The summed E-state index contributed by atoms with van der Waals surface area (Å²) in [5, 5.41) is 2.46. The lowest BCUT2D eigenvalue weighted by atomic mass is 10.1. The molecule has 0 atom stereocenters. The molecule has 0 amide bonds. The summed E-state index contributed by atoms with van der Waals surface area (Å²) in [4.78, 5) is 0. The van der Waals surface area contributed by atoms with Crippen LogP contribution in [0.3, 0.4) is 0 Å². The first-order chi connectivity index (χ1) is 7.42. The molecular formula is C15H12. The fraction of sp³-hybridized carbons (Fsp3) is 0.0667. The first kappa shape index (κ1) is 9.55. The Morgan fingerprint density at radius 3 is 2.73 bits per heavy atom. The Morgan fingerprint density at radius 2 is 1.87 bits per heavy atom. The fourth-order valence-corrected chi connectivity index (χ4v) is 1.55. The van der Waals surface area contributed by atoms with Gasteiger partial charge in [-0.3, -0.25) is 0 Å². The van der Waals surface area contributed by atoms with Crippen molar-refractivity contribution < 1.29 is 0 Å². The van der Waals surface area contributed by atoms with E-state index in [-0.39, 0.29) is 0 Å². The molecule has 0 saturated carbocycles. The summed E-state index contributed by atoms with van der Waals surface area (Å²) in [6.45, 7) is 3.65. The van der Waals surface area contributed by atoms with Crippen LogP contribution in [-0.4, -0.2) is 0 Å². The van der Waals surface area contributed by atoms with Crippen molar-refractivity contribution in [1.29, 1.82) is 0 Å². The van der Waals surface area contributed by atoms with E-state index in [1.54, 1.807) is 0 Å². The Balaban J connectivity index is 2.52. The van der Waals surface area contributed by atoms with E-state index in [2.05, 4.69) is 42.7 Å². The van der Waals surface area contributed by atoms with Crippen molar-refractivity contribution in [3.8, 4) is 11.8 Å². The normalized spacial score (nSPS) is 9.33. The molecule has 2 aromatic carbocycles. The Morgan fingerprint density at radius 1 is 1.07 bits per heavy atom. The largest absolute Gasteiger partial charge is 0.102 e. The minimum absolute atomic E-state index is 0.739. The Kier molecular flexibility index (Phi) is 2.85. The van der Waals surface area contributed by atoms with Gasteiger partial charge in [0.15, 0.2) is 0 Å². The highest BCUT2D eigenvalue weighted by Crippen LogP contribution is 2.17. The summed E-state index contributed by atoms with van der Waals surface area (Å²) in [6.07, 6.45) is 2.56. The molecule has 0 heteroatoms. The molecule has 0 spiro atoms. The highest BCUT2D eigenvalue weighted by molar-refractivity contribution is 5.88. The minimum Gasteiger partial charge on any atom is -0.102 e. The average molecular weight is 192 g/mol. The van der Waals surface area contributed by atoms with Gasteiger partial charge in [-0.1, -0.05) is 54.3 Å². The molecule has 0 bridgehead atoms. The fourth-order valence-electron chi connectivity index (χ4n) is 1.55. The first-order valence-electron chi connectivity index (χ1n) is 4.99. The van der Waals surface area contributed by atoms with Crippen LogP contribution < -0.4 is 0 Å². The molecule has 2 rings (SSSR count). The minimum atomic E-state index is 0.739. The summed E-state index contributed by atoms with van der Waals surface area (Å²) >= 11 is 0. The number of hydrogen-bond acceptors (Lipinski definition) is 0. The molecule has 15 heavy (non-hydrogen) atoms. The van der Waals surface area contributed by atoms with Crippen LogP contribution in [0.1, 0.15) is 12.0 Å². The van der Waals surface area contributed by atoms with Crippen LogP contribution in [0.5, 0.6) is 0 Å². The lowest BCUT2D eigenvalue weighted by molar-refractivity contribution is 1.49. The van der Waals surface area contributed by atoms with Crippen molar-refractivity contribution in [2.45, 2.75) is 6.42 Å². The lowest BCUT2D eigenvalue weighted by Crippen LogP contribution is -1.78. The van der Waals surface area contributed by atoms with Gasteiger partial charge in [0.1, 0.15) is 0 Å². The van der Waals surface area contributed by atoms with Crippen LogP contribution >= 0.6 is 0 Å². The van der Waals surface area contributed by atoms with Gasteiger partial charge in [-0.2, -0.15) is 0 Å². The summed E-state index contributed by atoms with van der Waals surface area (Å²) in [6, 6.07) is 14.5. The maximum Gasteiger partial charge on any atom is 0.0323 e. The van der Waals surface area contributed by atoms with E-state index in [0.717, 1.165) is 12.0 Å². The molecule has 0 aromatic heterocycles. The number of allylic oxidation sites excluding steroid dienone is 1. The van der Waals surface area contributed by atoms with Crippen LogP contribution in [0.15, 0.2) is 55.1 Å². The second kappa shape index (κ2) is 4.48. The molecule has 0 heterocycles. The number of rotatable bonds is 1. The van der Waals surface area contributed by atoms with E-state index in [4.69, 9.17) is 0 Å². The van der Waals surface area contributed by atoms with Gasteiger partial charge in [-0.05, 0) is 16.8 Å². The third kappa shape index (κ3) is 2.08. The SMILES string of the molecule is C=CCC#Cc1cccc2ccccc12. The van der Waals surface area contributed by atoms with Gasteiger partial charge < -0.3 is 0 Å². The predicted molar refractivity (Wildman–Crippen MR) is 65.6 cm³/mol. The molecule has 0 N–H and O–H groups in total. The van der Waals surface area contributed by atoms with Gasteiger partial charge in [0.2, 0.25) is 0 Å². The molecule has 0 radical (unpaired) electrons. The van der Waals surface area contributed by atoms with E-state index < -0.39 is 0 Å². The maximum atomic E-state index is 3.65. The van der Waals surface area contributed by atoms with Gasteiger partial charge in [0.05, 0.1) is 0 Å². The third-order valence-electron chi connectivity index (χ3n) is 2.26. The Labute approximate surface area is 90.2 Å².